The van der Waals surface area contributed by atoms with Gasteiger partial charge in [-0.3, -0.25) is 0 Å². The maximum absolute atomic E-state index is 11.2. The number of hydrogen-bond donors (Lipinski definition) is 2. The first-order valence-electron chi connectivity index (χ1n) is 5.68. The lowest BCUT2D eigenvalue weighted by Gasteiger charge is -2.19. The van der Waals surface area contributed by atoms with Crippen molar-refractivity contribution >= 4 is 6.09 Å². The number of aliphatic hydroxyl groups excluding tert-OH is 1. The van der Waals surface area contributed by atoms with Crippen LogP contribution in [-0.4, -0.2) is 30.0 Å². The summed E-state index contributed by atoms with van der Waals surface area (Å²) in [6, 6.07) is 0. The summed E-state index contributed by atoms with van der Waals surface area (Å²) in [5, 5.41) is 11.2. The predicted octanol–water partition coefficient (Wildman–Crippen LogP) is 2.23. The molecule has 1 amide bonds. The number of alkyl carbamates (subject to hydrolysis) is 1. The molecule has 0 aliphatic heterocycles. The fraction of sp³-hybridized carbons (Fsp3) is 0.750. The van der Waals surface area contributed by atoms with Crippen molar-refractivity contribution in [2.75, 3.05) is 13.2 Å². The quantitative estimate of drug-likeness (QED) is 0.542. The highest BCUT2D eigenvalue weighted by molar-refractivity contribution is 5.67. The van der Waals surface area contributed by atoms with Crippen LogP contribution in [0.2, 0.25) is 0 Å². The average molecular weight is 229 g/mol. The number of aliphatic hydroxyl groups is 1. The predicted molar refractivity (Wildman–Crippen MR) is 64.3 cm³/mol. The number of allylic oxidation sites excluding steroid dienone is 1. The van der Waals surface area contributed by atoms with E-state index in [0.717, 1.165) is 19.3 Å². The van der Waals surface area contributed by atoms with Gasteiger partial charge in [0.15, 0.2) is 0 Å². The highest BCUT2D eigenvalue weighted by atomic mass is 16.6. The summed E-state index contributed by atoms with van der Waals surface area (Å²) in [5.74, 6) is 0. The van der Waals surface area contributed by atoms with E-state index in [1.54, 1.807) is 6.08 Å². The molecule has 16 heavy (non-hydrogen) atoms. The standard InChI is InChI=1S/C12H23NO3/c1-12(2,3)16-11(15)13-9-7-5-4-6-8-10-14/h6,8,14H,4-5,7,9-10H2,1-3H3,(H,13,15)/b8-6+. The Bertz CT molecular complexity index is 219. The van der Waals surface area contributed by atoms with Gasteiger partial charge in [-0.05, 0) is 40.0 Å². The third kappa shape index (κ3) is 11.0. The molecule has 0 heterocycles. The van der Waals surface area contributed by atoms with Crippen LogP contribution in [0, 0.1) is 0 Å². The van der Waals surface area contributed by atoms with E-state index < -0.39 is 5.60 Å². The molecule has 0 spiro atoms. The lowest BCUT2D eigenvalue weighted by molar-refractivity contribution is 0.0527. The molecular weight excluding hydrogens is 206 g/mol. The van der Waals surface area contributed by atoms with E-state index in [0.29, 0.717) is 6.54 Å². The SMILES string of the molecule is CC(C)(C)OC(=O)NCCCC/C=C/CO. The highest BCUT2D eigenvalue weighted by Crippen LogP contribution is 2.06. The van der Waals surface area contributed by atoms with Gasteiger partial charge in [0.05, 0.1) is 6.61 Å². The van der Waals surface area contributed by atoms with Crippen LogP contribution in [0.25, 0.3) is 0 Å². The first-order valence-corrected chi connectivity index (χ1v) is 5.68. The highest BCUT2D eigenvalue weighted by Gasteiger charge is 2.15. The van der Waals surface area contributed by atoms with Gasteiger partial charge in [-0.1, -0.05) is 12.2 Å². The van der Waals surface area contributed by atoms with E-state index in [9.17, 15) is 4.79 Å². The van der Waals surface area contributed by atoms with Crippen LogP contribution in [0.4, 0.5) is 4.79 Å². The first-order chi connectivity index (χ1) is 7.45. The second-order valence-electron chi connectivity index (χ2n) is 4.58. The fourth-order valence-corrected chi connectivity index (χ4v) is 1.08. The minimum Gasteiger partial charge on any atom is -0.444 e. The molecule has 0 unspecified atom stereocenters. The van der Waals surface area contributed by atoms with Crippen LogP contribution in [0.3, 0.4) is 0 Å². The van der Waals surface area contributed by atoms with Crippen LogP contribution in [0.1, 0.15) is 40.0 Å². The second kappa shape index (κ2) is 8.16. The minimum absolute atomic E-state index is 0.0934. The third-order valence-corrected chi connectivity index (χ3v) is 1.74. The Morgan fingerprint density at radius 2 is 2.00 bits per heavy atom. The van der Waals surface area contributed by atoms with Gasteiger partial charge in [-0.2, -0.15) is 0 Å². The molecule has 4 nitrogen and oxygen atoms in total. The summed E-state index contributed by atoms with van der Waals surface area (Å²) in [4.78, 5) is 11.2. The van der Waals surface area contributed by atoms with Crippen molar-refractivity contribution in [3.05, 3.63) is 12.2 Å². The molecule has 0 saturated carbocycles. The lowest BCUT2D eigenvalue weighted by Crippen LogP contribution is -2.32. The molecule has 4 heteroatoms. The van der Waals surface area contributed by atoms with Gasteiger partial charge in [0.25, 0.3) is 0 Å². The van der Waals surface area contributed by atoms with E-state index in [2.05, 4.69) is 5.32 Å². The third-order valence-electron chi connectivity index (χ3n) is 1.74. The Hall–Kier alpha value is -1.03. The topological polar surface area (TPSA) is 58.6 Å². The van der Waals surface area contributed by atoms with Crippen molar-refractivity contribution in [1.82, 2.24) is 5.32 Å². The van der Waals surface area contributed by atoms with E-state index in [1.165, 1.54) is 0 Å². The smallest absolute Gasteiger partial charge is 0.407 e. The molecule has 0 fully saturated rings. The molecule has 0 aromatic rings. The Morgan fingerprint density at radius 1 is 1.31 bits per heavy atom. The Kier molecular flexibility index (Phi) is 7.64. The number of carbonyl (C=O) groups is 1. The summed E-state index contributed by atoms with van der Waals surface area (Å²) in [7, 11) is 0. The number of carbonyl (C=O) groups excluding carboxylic acids is 1. The molecule has 0 rings (SSSR count). The molecule has 0 radical (unpaired) electrons. The zero-order chi connectivity index (χ0) is 12.4. The molecule has 0 bridgehead atoms. The average Bonchev–Trinajstić information content (AvgIpc) is 2.13. The molecule has 94 valence electrons. The van der Waals surface area contributed by atoms with Crippen molar-refractivity contribution in [2.45, 2.75) is 45.6 Å². The fourth-order valence-electron chi connectivity index (χ4n) is 1.08. The largest absolute Gasteiger partial charge is 0.444 e. The van der Waals surface area contributed by atoms with Gasteiger partial charge in [0.1, 0.15) is 5.60 Å². The van der Waals surface area contributed by atoms with Crippen molar-refractivity contribution in [2.24, 2.45) is 0 Å². The zero-order valence-corrected chi connectivity index (χ0v) is 10.5. The Balaban J connectivity index is 3.38. The molecule has 0 saturated heterocycles. The minimum atomic E-state index is -0.437. The maximum Gasteiger partial charge on any atom is 0.407 e. The zero-order valence-electron chi connectivity index (χ0n) is 10.5. The molecule has 2 N–H and O–H groups in total. The van der Waals surface area contributed by atoms with Crippen LogP contribution in [-0.2, 0) is 4.74 Å². The van der Waals surface area contributed by atoms with Crippen LogP contribution in [0.15, 0.2) is 12.2 Å². The van der Waals surface area contributed by atoms with E-state index in [4.69, 9.17) is 9.84 Å². The Morgan fingerprint density at radius 3 is 2.56 bits per heavy atom. The number of nitrogens with one attached hydrogen (secondary N) is 1. The molecular formula is C12H23NO3. The number of amides is 1. The van der Waals surface area contributed by atoms with Gasteiger partial charge >= 0.3 is 6.09 Å². The first kappa shape index (κ1) is 15.0. The summed E-state index contributed by atoms with van der Waals surface area (Å²) in [5.41, 5.74) is -0.437. The number of rotatable bonds is 6. The van der Waals surface area contributed by atoms with Crippen LogP contribution >= 0.6 is 0 Å². The summed E-state index contributed by atoms with van der Waals surface area (Å²) in [6.45, 7) is 6.24. The van der Waals surface area contributed by atoms with E-state index in [-0.39, 0.29) is 12.7 Å². The molecule has 0 aliphatic rings. The van der Waals surface area contributed by atoms with Crippen molar-refractivity contribution in [3.63, 3.8) is 0 Å². The van der Waals surface area contributed by atoms with Crippen molar-refractivity contribution in [3.8, 4) is 0 Å². The molecule has 0 aromatic carbocycles. The van der Waals surface area contributed by atoms with Gasteiger partial charge in [-0.15, -0.1) is 0 Å². The lowest BCUT2D eigenvalue weighted by atomic mass is 10.2. The monoisotopic (exact) mass is 229 g/mol. The Labute approximate surface area is 97.7 Å². The van der Waals surface area contributed by atoms with Crippen molar-refractivity contribution < 1.29 is 14.6 Å². The summed E-state index contributed by atoms with van der Waals surface area (Å²) < 4.78 is 5.09. The molecule has 0 aromatic heterocycles. The second-order valence-corrected chi connectivity index (χ2v) is 4.58. The van der Waals surface area contributed by atoms with Crippen LogP contribution in [0.5, 0.6) is 0 Å². The summed E-state index contributed by atoms with van der Waals surface area (Å²) in [6.07, 6.45) is 6.13. The van der Waals surface area contributed by atoms with Gasteiger partial charge in [-0.25, -0.2) is 4.79 Å². The van der Waals surface area contributed by atoms with Crippen LogP contribution < -0.4 is 5.32 Å². The molecule has 0 atom stereocenters. The van der Waals surface area contributed by atoms with Gasteiger partial charge < -0.3 is 15.2 Å². The number of unbranched alkanes of at least 4 members (excludes halogenated alkanes) is 2. The molecule has 0 aliphatic carbocycles. The maximum atomic E-state index is 11.2. The van der Waals surface area contributed by atoms with E-state index in [1.807, 2.05) is 26.8 Å². The van der Waals surface area contributed by atoms with Crippen molar-refractivity contribution in [1.29, 1.82) is 0 Å². The normalized spacial score (nSPS) is 11.8. The van der Waals surface area contributed by atoms with E-state index >= 15 is 0 Å². The number of ether oxygens (including phenoxy) is 1. The van der Waals surface area contributed by atoms with Gasteiger partial charge in [0, 0.05) is 6.54 Å². The summed E-state index contributed by atoms with van der Waals surface area (Å²) >= 11 is 0. The van der Waals surface area contributed by atoms with Gasteiger partial charge in [0.2, 0.25) is 0 Å². The number of hydrogen-bond acceptors (Lipinski definition) is 3.